The molecule has 0 atom stereocenters. The third-order valence-electron chi connectivity index (χ3n) is 3.74. The van der Waals surface area contributed by atoms with Crippen LogP contribution in [0, 0.1) is 0 Å². The van der Waals surface area contributed by atoms with Crippen molar-refractivity contribution in [1.29, 1.82) is 0 Å². The van der Waals surface area contributed by atoms with E-state index in [0.29, 0.717) is 12.1 Å². The number of hydrogen-bond donors (Lipinski definition) is 0. The first kappa shape index (κ1) is 14.4. The molecule has 0 saturated heterocycles. The minimum absolute atomic E-state index is 0.368. The van der Waals surface area contributed by atoms with Gasteiger partial charge < -0.3 is 0 Å². The summed E-state index contributed by atoms with van der Waals surface area (Å²) in [6.45, 7) is 0. The maximum atomic E-state index is 6.18. The van der Waals surface area contributed by atoms with Crippen molar-refractivity contribution < 1.29 is 22.7 Å². The number of rotatable bonds is 3. The Morgan fingerprint density at radius 3 is 1.88 bits per heavy atom. The normalized spacial score (nSPS) is 24.7. The van der Waals surface area contributed by atoms with Gasteiger partial charge in [0, 0.05) is 0 Å². The molecule has 0 amide bonds. The van der Waals surface area contributed by atoms with Gasteiger partial charge >= 0.3 is 118 Å². The molecule has 2 saturated carbocycles. The van der Waals surface area contributed by atoms with Crippen LogP contribution in [0.4, 0.5) is 0 Å². The van der Waals surface area contributed by atoms with Crippen molar-refractivity contribution in [2.75, 3.05) is 0 Å². The first-order valence-electron chi connectivity index (χ1n) is 6.69. The van der Waals surface area contributed by atoms with Crippen molar-refractivity contribution >= 4 is 19.1 Å². The molecule has 17 heavy (non-hydrogen) atoms. The number of hydrogen-bond acceptors (Lipinski definition) is 1. The van der Waals surface area contributed by atoms with E-state index in [1.165, 1.54) is 64.2 Å². The van der Waals surface area contributed by atoms with Crippen LogP contribution in [-0.4, -0.2) is 15.5 Å². The van der Waals surface area contributed by atoms with Crippen LogP contribution in [0.2, 0.25) is 0 Å². The molecule has 2 aliphatic rings. The molecule has 104 valence electrons. The molecule has 0 N–H and O–H groups in total. The van der Waals surface area contributed by atoms with Crippen molar-refractivity contribution in [1.82, 2.24) is 0 Å². The Morgan fingerprint density at radius 1 is 0.824 bits per heavy atom. The van der Waals surface area contributed by atoms with Gasteiger partial charge in [0.2, 0.25) is 0 Å². The Morgan fingerprint density at radius 2 is 1.35 bits per heavy atom. The molecule has 0 aromatic heterocycles. The van der Waals surface area contributed by atoms with Crippen molar-refractivity contribution in [3.63, 3.8) is 0 Å². The molecule has 0 aromatic rings. The fourth-order valence-corrected chi connectivity index (χ4v) is 5.29. The van der Waals surface area contributed by atoms with Crippen LogP contribution in [0.1, 0.15) is 64.2 Å². The van der Waals surface area contributed by atoms with Gasteiger partial charge in [-0.2, -0.15) is 0 Å². The molecule has 2 aliphatic carbocycles. The molecule has 2 rings (SSSR count). The molecule has 2 fully saturated rings. The molecule has 0 radical (unpaired) electrons. The second-order valence-corrected chi connectivity index (χ2v) is 9.89. The van der Waals surface area contributed by atoms with E-state index in [1.54, 1.807) is 0 Å². The Labute approximate surface area is 118 Å². The van der Waals surface area contributed by atoms with Gasteiger partial charge in [0.25, 0.3) is 0 Å². The fraction of sp³-hybridized carbons (Fsp3) is 1.00. The van der Waals surface area contributed by atoms with E-state index in [2.05, 4.69) is 0 Å². The van der Waals surface area contributed by atoms with E-state index in [9.17, 15) is 0 Å². The average Bonchev–Trinajstić information content (AvgIpc) is 2.38. The summed E-state index contributed by atoms with van der Waals surface area (Å²) >= 11 is -1.66. The van der Waals surface area contributed by atoms with Gasteiger partial charge in [-0.1, -0.05) is 0 Å². The van der Waals surface area contributed by atoms with Gasteiger partial charge in [0.15, 0.2) is 0 Å². The molecule has 0 aliphatic heterocycles. The summed E-state index contributed by atoms with van der Waals surface area (Å²) in [7, 11) is 12.4. The Hall–Kier alpha value is 1.00. The SMILES string of the molecule is [Cl][Pd]([Cl])=[N+](OC1CCCCC1)C1CCCCC1. The number of nitrogens with zero attached hydrogens (tertiary/aromatic N) is 1. The minimum atomic E-state index is -1.66. The van der Waals surface area contributed by atoms with Gasteiger partial charge in [-0.3, -0.25) is 0 Å². The molecular formula is C12H22Cl2NOPd+. The first-order chi connectivity index (χ1) is 8.27. The van der Waals surface area contributed by atoms with Crippen molar-refractivity contribution in [3.05, 3.63) is 0 Å². The molecule has 0 heterocycles. The summed E-state index contributed by atoms with van der Waals surface area (Å²) in [5.74, 6) is 0. The van der Waals surface area contributed by atoms with E-state index in [-0.39, 0.29) is 0 Å². The zero-order chi connectivity index (χ0) is 12.1. The van der Waals surface area contributed by atoms with E-state index < -0.39 is 14.5 Å². The second kappa shape index (κ2) is 7.56. The summed E-state index contributed by atoms with van der Waals surface area (Å²) in [5.41, 5.74) is 0. The molecule has 2 nitrogen and oxygen atoms in total. The third-order valence-corrected chi connectivity index (χ3v) is 6.24. The number of halogens is 2. The van der Waals surface area contributed by atoms with Crippen LogP contribution in [-0.2, 0) is 19.4 Å². The third kappa shape index (κ3) is 4.55. The summed E-state index contributed by atoms with van der Waals surface area (Å²) in [5, 5.41) is 0. The summed E-state index contributed by atoms with van der Waals surface area (Å²) in [4.78, 5) is 6.11. The predicted octanol–water partition coefficient (Wildman–Crippen LogP) is 4.71. The fourth-order valence-electron chi connectivity index (χ4n) is 2.77. The van der Waals surface area contributed by atoms with Crippen LogP contribution in [0.15, 0.2) is 0 Å². The van der Waals surface area contributed by atoms with E-state index in [1.807, 2.05) is 3.32 Å². The van der Waals surface area contributed by atoms with Crippen LogP contribution in [0.5, 0.6) is 0 Å². The predicted molar refractivity (Wildman–Crippen MR) is 66.8 cm³/mol. The summed E-state index contributed by atoms with van der Waals surface area (Å²) in [6.07, 6.45) is 13.0. The standard InChI is InChI=1S/C12H22NO.2ClH.Pd/c1-3-7-11(8-4-1)13-14-12-9-5-2-6-10-12;;;/h11-12H,1-10H2;2*1H;/q-1;;;+4/p-2. The van der Waals surface area contributed by atoms with Gasteiger partial charge in [0.05, 0.1) is 0 Å². The van der Waals surface area contributed by atoms with E-state index in [4.69, 9.17) is 23.9 Å². The zero-order valence-electron chi connectivity index (χ0n) is 10.2. The Bertz CT molecular complexity index is 270. The van der Waals surface area contributed by atoms with E-state index in [0.717, 1.165) is 0 Å². The topological polar surface area (TPSA) is 12.2 Å². The Kier molecular flexibility index (Phi) is 6.41. The molecule has 0 unspecified atom stereocenters. The molecule has 5 heteroatoms. The average molecular weight is 374 g/mol. The van der Waals surface area contributed by atoms with Crippen molar-refractivity contribution in [2.45, 2.75) is 76.4 Å². The molecule has 0 aromatic carbocycles. The van der Waals surface area contributed by atoms with Gasteiger partial charge in [-0.05, 0) is 0 Å². The zero-order valence-corrected chi connectivity index (χ0v) is 13.2. The summed E-state index contributed by atoms with van der Waals surface area (Å²) in [6, 6.07) is 0.474. The first-order valence-corrected chi connectivity index (χ1v) is 11.4. The van der Waals surface area contributed by atoms with Gasteiger partial charge in [-0.25, -0.2) is 0 Å². The number of hydroxylamine groups is 1. The summed E-state index contributed by atoms with van der Waals surface area (Å²) < 4.78 is 1.99. The van der Waals surface area contributed by atoms with Gasteiger partial charge in [-0.15, -0.1) is 0 Å². The molecule has 0 bridgehead atoms. The molecule has 0 spiro atoms. The van der Waals surface area contributed by atoms with Crippen molar-refractivity contribution in [2.24, 2.45) is 0 Å². The Balaban J connectivity index is 1.94. The maximum absolute atomic E-state index is 6.18. The van der Waals surface area contributed by atoms with Gasteiger partial charge in [0.1, 0.15) is 0 Å². The quantitative estimate of drug-likeness (QED) is 0.516. The second-order valence-electron chi connectivity index (χ2n) is 5.05. The van der Waals surface area contributed by atoms with Crippen LogP contribution >= 0.6 is 19.1 Å². The van der Waals surface area contributed by atoms with Crippen LogP contribution in [0.3, 0.4) is 0 Å². The monoisotopic (exact) mass is 372 g/mol. The van der Waals surface area contributed by atoms with Crippen molar-refractivity contribution in [3.8, 4) is 0 Å². The van der Waals surface area contributed by atoms with Crippen LogP contribution < -0.4 is 0 Å². The van der Waals surface area contributed by atoms with Crippen LogP contribution in [0.25, 0.3) is 0 Å². The molecular weight excluding hydrogens is 351 g/mol. The van der Waals surface area contributed by atoms with E-state index >= 15 is 0 Å².